The van der Waals surface area contributed by atoms with Crippen molar-refractivity contribution in [1.82, 2.24) is 4.98 Å². The van der Waals surface area contributed by atoms with Crippen molar-refractivity contribution in [2.45, 2.75) is 12.7 Å². The minimum atomic E-state index is -4.52. The molecule has 23 heavy (non-hydrogen) atoms. The molecule has 3 N–H and O–H groups in total. The monoisotopic (exact) mass is 325 g/mol. The Kier molecular flexibility index (Phi) is 4.73. The van der Waals surface area contributed by atoms with Crippen LogP contribution in [0.25, 0.3) is 0 Å². The van der Waals surface area contributed by atoms with E-state index in [9.17, 15) is 18.0 Å². The Balaban J connectivity index is 2.29. The van der Waals surface area contributed by atoms with Gasteiger partial charge in [-0.2, -0.15) is 13.2 Å². The summed E-state index contributed by atoms with van der Waals surface area (Å²) in [6, 6.07) is 5.16. The molecule has 0 atom stereocenters. The molecule has 0 aliphatic carbocycles. The first-order valence-corrected chi connectivity index (χ1v) is 6.54. The predicted octanol–water partition coefficient (Wildman–Crippen LogP) is 2.82. The Bertz CT molecular complexity index is 717. The average molecular weight is 325 g/mol. The second-order valence-electron chi connectivity index (χ2n) is 4.66. The van der Waals surface area contributed by atoms with Crippen LogP contribution in [0.4, 0.5) is 18.9 Å². The highest BCUT2D eigenvalue weighted by molar-refractivity contribution is 5.98. The van der Waals surface area contributed by atoms with Gasteiger partial charge in [0.15, 0.2) is 0 Å². The van der Waals surface area contributed by atoms with Gasteiger partial charge >= 0.3 is 6.18 Å². The number of hydrogen-bond donors (Lipinski definition) is 2. The van der Waals surface area contributed by atoms with Crippen molar-refractivity contribution in [3.05, 3.63) is 53.3 Å². The van der Waals surface area contributed by atoms with E-state index < -0.39 is 17.6 Å². The number of rotatable bonds is 5. The number of ether oxygens (including phenoxy) is 1. The quantitative estimate of drug-likeness (QED) is 0.886. The van der Waals surface area contributed by atoms with E-state index in [0.717, 1.165) is 6.07 Å². The normalized spacial score (nSPS) is 11.1. The number of hydrogen-bond acceptors (Lipinski definition) is 4. The lowest BCUT2D eigenvalue weighted by atomic mass is 10.1. The summed E-state index contributed by atoms with van der Waals surface area (Å²) in [5.41, 5.74) is 4.84. The molecular weight excluding hydrogens is 311 g/mol. The molecule has 1 aromatic heterocycles. The number of benzene rings is 1. The molecule has 1 aromatic carbocycles. The van der Waals surface area contributed by atoms with Crippen LogP contribution in [0.15, 0.2) is 36.7 Å². The van der Waals surface area contributed by atoms with E-state index in [1.165, 1.54) is 37.7 Å². The fourth-order valence-corrected chi connectivity index (χ4v) is 2.04. The Hall–Kier alpha value is -2.77. The van der Waals surface area contributed by atoms with E-state index in [0.29, 0.717) is 5.69 Å². The van der Waals surface area contributed by atoms with Gasteiger partial charge in [0.1, 0.15) is 5.75 Å². The molecule has 0 aliphatic rings. The van der Waals surface area contributed by atoms with Crippen LogP contribution in [0.3, 0.4) is 0 Å². The summed E-state index contributed by atoms with van der Waals surface area (Å²) in [6.07, 6.45) is -1.85. The van der Waals surface area contributed by atoms with E-state index in [2.05, 4.69) is 10.3 Å². The first kappa shape index (κ1) is 16.6. The topological polar surface area (TPSA) is 77.2 Å². The van der Waals surface area contributed by atoms with Crippen molar-refractivity contribution >= 4 is 11.6 Å². The molecule has 0 radical (unpaired) electrons. The average Bonchev–Trinajstić information content (AvgIpc) is 2.52. The Morgan fingerprint density at radius 2 is 2.09 bits per heavy atom. The van der Waals surface area contributed by atoms with Gasteiger partial charge in [-0.1, -0.05) is 6.07 Å². The smallest absolute Gasteiger partial charge is 0.416 e. The highest BCUT2D eigenvalue weighted by atomic mass is 19.4. The van der Waals surface area contributed by atoms with Crippen LogP contribution in [0.5, 0.6) is 5.75 Å². The van der Waals surface area contributed by atoms with Crippen LogP contribution in [0.1, 0.15) is 21.5 Å². The van der Waals surface area contributed by atoms with Crippen molar-refractivity contribution in [2.75, 3.05) is 12.4 Å². The molecule has 0 saturated heterocycles. The summed E-state index contributed by atoms with van der Waals surface area (Å²) < 4.78 is 44.2. The highest BCUT2D eigenvalue weighted by Crippen LogP contribution is 2.34. The van der Waals surface area contributed by atoms with E-state index in [1.54, 1.807) is 0 Å². The van der Waals surface area contributed by atoms with Gasteiger partial charge in [0, 0.05) is 18.9 Å². The van der Waals surface area contributed by atoms with Gasteiger partial charge in [0.25, 0.3) is 5.91 Å². The fourth-order valence-electron chi connectivity index (χ4n) is 2.04. The minimum Gasteiger partial charge on any atom is -0.497 e. The largest absolute Gasteiger partial charge is 0.497 e. The summed E-state index contributed by atoms with van der Waals surface area (Å²) in [4.78, 5) is 15.1. The number of nitrogens with two attached hydrogens (primary N) is 1. The number of carbonyl (C=O) groups is 1. The van der Waals surface area contributed by atoms with Gasteiger partial charge in [-0.3, -0.25) is 9.78 Å². The number of primary amides is 1. The molecule has 0 spiro atoms. The summed E-state index contributed by atoms with van der Waals surface area (Å²) in [5, 5.41) is 2.78. The van der Waals surface area contributed by atoms with Crippen molar-refractivity contribution in [2.24, 2.45) is 5.73 Å². The molecule has 0 bridgehead atoms. The van der Waals surface area contributed by atoms with Gasteiger partial charge in [-0.05, 0) is 23.8 Å². The molecule has 5 nitrogen and oxygen atoms in total. The maximum atomic E-state index is 13.1. The maximum Gasteiger partial charge on any atom is 0.416 e. The van der Waals surface area contributed by atoms with Crippen molar-refractivity contribution in [1.29, 1.82) is 0 Å². The number of nitrogens with zero attached hydrogens (tertiary/aromatic N) is 1. The summed E-state index contributed by atoms with van der Waals surface area (Å²) >= 11 is 0. The molecule has 0 saturated carbocycles. The zero-order chi connectivity index (χ0) is 17.0. The Labute approximate surface area is 130 Å². The Morgan fingerprint density at radius 3 is 2.70 bits per heavy atom. The lowest BCUT2D eigenvalue weighted by Crippen LogP contribution is -2.16. The van der Waals surface area contributed by atoms with Crippen LogP contribution >= 0.6 is 0 Å². The molecular formula is C15H14F3N3O2. The third kappa shape index (κ3) is 3.91. The summed E-state index contributed by atoms with van der Waals surface area (Å²) in [5.74, 6) is -0.603. The molecule has 8 heteroatoms. The van der Waals surface area contributed by atoms with Crippen LogP contribution < -0.4 is 15.8 Å². The zero-order valence-corrected chi connectivity index (χ0v) is 12.1. The number of methoxy groups -OCH3 is 1. The van der Waals surface area contributed by atoms with Crippen LogP contribution in [0.2, 0.25) is 0 Å². The number of pyridine rings is 1. The summed E-state index contributed by atoms with van der Waals surface area (Å²) in [7, 11) is 1.30. The first-order chi connectivity index (χ1) is 10.8. The number of carbonyl (C=O) groups excluding carboxylic acids is 1. The van der Waals surface area contributed by atoms with Gasteiger partial charge in [0.2, 0.25) is 0 Å². The van der Waals surface area contributed by atoms with Gasteiger partial charge in [-0.25, -0.2) is 0 Å². The van der Waals surface area contributed by atoms with Crippen molar-refractivity contribution in [3.63, 3.8) is 0 Å². The molecule has 0 unspecified atom stereocenters. The third-order valence-corrected chi connectivity index (χ3v) is 3.18. The summed E-state index contributed by atoms with van der Waals surface area (Å²) in [6.45, 7) is -0.136. The second kappa shape index (κ2) is 6.55. The predicted molar refractivity (Wildman–Crippen MR) is 78.1 cm³/mol. The lowest BCUT2D eigenvalue weighted by molar-refractivity contribution is -0.138. The fraction of sp³-hybridized carbons (Fsp3) is 0.200. The van der Waals surface area contributed by atoms with E-state index in [4.69, 9.17) is 10.5 Å². The van der Waals surface area contributed by atoms with Gasteiger partial charge in [0.05, 0.1) is 23.9 Å². The van der Waals surface area contributed by atoms with Gasteiger partial charge in [-0.15, -0.1) is 0 Å². The minimum absolute atomic E-state index is 0.0190. The number of aromatic nitrogens is 1. The van der Waals surface area contributed by atoms with Crippen LogP contribution in [-0.4, -0.2) is 18.0 Å². The standard InChI is InChI=1S/C15H14F3N3O2/c1-23-10-3-2-9(12(6-10)15(16,17)18)7-21-13-4-5-20-8-11(13)14(19)22/h2-6,8H,7H2,1H3,(H2,19,22)(H,20,21). The highest BCUT2D eigenvalue weighted by Gasteiger charge is 2.33. The van der Waals surface area contributed by atoms with Gasteiger partial charge < -0.3 is 15.8 Å². The maximum absolute atomic E-state index is 13.1. The van der Waals surface area contributed by atoms with E-state index in [1.807, 2.05) is 0 Å². The number of halogens is 3. The molecule has 0 fully saturated rings. The molecule has 2 rings (SSSR count). The zero-order valence-electron chi connectivity index (χ0n) is 12.1. The second-order valence-corrected chi connectivity index (χ2v) is 4.66. The molecule has 2 aromatic rings. The molecule has 0 aliphatic heterocycles. The molecule has 122 valence electrons. The van der Waals surface area contributed by atoms with Crippen molar-refractivity contribution < 1.29 is 22.7 Å². The van der Waals surface area contributed by atoms with E-state index in [-0.39, 0.29) is 23.4 Å². The number of amides is 1. The van der Waals surface area contributed by atoms with E-state index >= 15 is 0 Å². The number of anilines is 1. The Morgan fingerprint density at radius 1 is 1.35 bits per heavy atom. The number of nitrogens with one attached hydrogen (secondary N) is 1. The number of alkyl halides is 3. The first-order valence-electron chi connectivity index (χ1n) is 6.54. The SMILES string of the molecule is COc1ccc(CNc2ccncc2C(N)=O)c(C(F)(F)F)c1. The molecule has 1 heterocycles. The lowest BCUT2D eigenvalue weighted by Gasteiger charge is -2.16. The van der Waals surface area contributed by atoms with Crippen LogP contribution in [0, 0.1) is 0 Å². The van der Waals surface area contributed by atoms with Crippen molar-refractivity contribution in [3.8, 4) is 5.75 Å². The molecule has 1 amide bonds. The third-order valence-electron chi connectivity index (χ3n) is 3.18. The van der Waals surface area contributed by atoms with Crippen LogP contribution in [-0.2, 0) is 12.7 Å².